The van der Waals surface area contributed by atoms with Crippen LogP contribution >= 0.6 is 11.3 Å². The average Bonchev–Trinajstić information content (AvgIpc) is 3.25. The SMILES string of the molecule is Cc1nn(C)c2sc(C(=O)Nc3ccccc3N(C)Cc3ccccc3)cc12. The van der Waals surface area contributed by atoms with E-state index < -0.39 is 0 Å². The molecular formula is C22H22N4OS. The Morgan fingerprint density at radius 1 is 1.14 bits per heavy atom. The fourth-order valence-electron chi connectivity index (χ4n) is 3.36. The van der Waals surface area contributed by atoms with Crippen molar-refractivity contribution in [3.63, 3.8) is 0 Å². The molecule has 2 heterocycles. The summed E-state index contributed by atoms with van der Waals surface area (Å²) < 4.78 is 1.83. The van der Waals surface area contributed by atoms with Crippen LogP contribution in [-0.2, 0) is 13.6 Å². The van der Waals surface area contributed by atoms with E-state index in [-0.39, 0.29) is 5.91 Å². The molecule has 0 bridgehead atoms. The highest BCUT2D eigenvalue weighted by molar-refractivity contribution is 7.20. The van der Waals surface area contributed by atoms with Crippen molar-refractivity contribution in [2.24, 2.45) is 7.05 Å². The third-order valence-electron chi connectivity index (χ3n) is 4.75. The van der Waals surface area contributed by atoms with Gasteiger partial charge in [0.05, 0.1) is 21.9 Å². The summed E-state index contributed by atoms with van der Waals surface area (Å²) in [6, 6.07) is 20.1. The van der Waals surface area contributed by atoms with E-state index >= 15 is 0 Å². The van der Waals surface area contributed by atoms with Gasteiger partial charge in [0.15, 0.2) is 0 Å². The number of carbonyl (C=O) groups is 1. The molecule has 4 rings (SSSR count). The van der Waals surface area contributed by atoms with Gasteiger partial charge in [-0.2, -0.15) is 5.10 Å². The van der Waals surface area contributed by atoms with Crippen LogP contribution < -0.4 is 10.2 Å². The van der Waals surface area contributed by atoms with Gasteiger partial charge in [0, 0.05) is 26.0 Å². The van der Waals surface area contributed by atoms with Gasteiger partial charge in [-0.05, 0) is 30.7 Å². The first-order valence-corrected chi connectivity index (χ1v) is 9.93. The number of amides is 1. The molecule has 1 amide bonds. The summed E-state index contributed by atoms with van der Waals surface area (Å²) >= 11 is 1.46. The molecule has 0 spiro atoms. The van der Waals surface area contributed by atoms with E-state index in [9.17, 15) is 4.79 Å². The highest BCUT2D eigenvalue weighted by Crippen LogP contribution is 2.30. The molecule has 2 aromatic heterocycles. The topological polar surface area (TPSA) is 50.2 Å². The fourth-order valence-corrected chi connectivity index (χ4v) is 4.37. The summed E-state index contributed by atoms with van der Waals surface area (Å²) in [5.74, 6) is -0.0961. The Balaban J connectivity index is 1.57. The second-order valence-corrected chi connectivity index (χ2v) is 7.88. The van der Waals surface area contributed by atoms with Crippen LogP contribution in [0.2, 0.25) is 0 Å². The zero-order chi connectivity index (χ0) is 19.7. The molecule has 0 aliphatic rings. The van der Waals surface area contributed by atoms with E-state index in [0.717, 1.165) is 33.8 Å². The second kappa shape index (κ2) is 7.48. The number of rotatable bonds is 5. The summed E-state index contributed by atoms with van der Waals surface area (Å²) in [5.41, 5.74) is 3.95. The molecule has 2 aromatic carbocycles. The van der Waals surface area contributed by atoms with Crippen molar-refractivity contribution < 1.29 is 4.79 Å². The maximum absolute atomic E-state index is 12.9. The van der Waals surface area contributed by atoms with E-state index in [4.69, 9.17) is 0 Å². The molecule has 28 heavy (non-hydrogen) atoms. The maximum atomic E-state index is 12.9. The third kappa shape index (κ3) is 3.51. The van der Waals surface area contributed by atoms with Gasteiger partial charge >= 0.3 is 0 Å². The van der Waals surface area contributed by atoms with Crippen molar-refractivity contribution in [1.82, 2.24) is 9.78 Å². The quantitative estimate of drug-likeness (QED) is 0.531. The Kier molecular flexibility index (Phi) is 4.88. The van der Waals surface area contributed by atoms with Crippen LogP contribution in [-0.4, -0.2) is 22.7 Å². The summed E-state index contributed by atoms with van der Waals surface area (Å²) in [5, 5.41) is 8.52. The molecule has 0 radical (unpaired) electrons. The molecule has 6 heteroatoms. The number of aryl methyl sites for hydroxylation is 2. The van der Waals surface area contributed by atoms with E-state index in [2.05, 4.69) is 27.4 Å². The molecule has 0 unspecified atom stereocenters. The minimum atomic E-state index is -0.0961. The number of nitrogens with one attached hydrogen (secondary N) is 1. The molecule has 0 fully saturated rings. The van der Waals surface area contributed by atoms with Crippen LogP contribution in [0.1, 0.15) is 20.9 Å². The summed E-state index contributed by atoms with van der Waals surface area (Å²) in [6.45, 7) is 2.73. The predicted octanol–water partition coefficient (Wildman–Crippen LogP) is 4.83. The van der Waals surface area contributed by atoms with Crippen LogP contribution in [0.4, 0.5) is 11.4 Å². The van der Waals surface area contributed by atoms with Gasteiger partial charge in [-0.1, -0.05) is 42.5 Å². The summed E-state index contributed by atoms with van der Waals surface area (Å²) in [4.78, 5) is 16.7. The molecule has 142 valence electrons. The number of carbonyl (C=O) groups excluding carboxylic acids is 1. The maximum Gasteiger partial charge on any atom is 0.265 e. The van der Waals surface area contributed by atoms with Crippen LogP contribution in [0.15, 0.2) is 60.7 Å². The van der Waals surface area contributed by atoms with Gasteiger partial charge in [0.25, 0.3) is 5.91 Å². The van der Waals surface area contributed by atoms with Crippen molar-refractivity contribution in [1.29, 1.82) is 0 Å². The van der Waals surface area contributed by atoms with Crippen molar-refractivity contribution in [3.05, 3.63) is 76.8 Å². The number of fused-ring (bicyclic) bond motifs is 1. The van der Waals surface area contributed by atoms with E-state index in [0.29, 0.717) is 4.88 Å². The molecule has 0 aliphatic carbocycles. The van der Waals surface area contributed by atoms with Gasteiger partial charge in [-0.15, -0.1) is 11.3 Å². The van der Waals surface area contributed by atoms with Crippen molar-refractivity contribution in [2.45, 2.75) is 13.5 Å². The van der Waals surface area contributed by atoms with Crippen LogP contribution in [0.5, 0.6) is 0 Å². The van der Waals surface area contributed by atoms with Crippen molar-refractivity contribution in [2.75, 3.05) is 17.3 Å². The lowest BCUT2D eigenvalue weighted by Crippen LogP contribution is -2.19. The first kappa shape index (κ1) is 18.3. The summed E-state index contributed by atoms with van der Waals surface area (Å²) in [7, 11) is 3.94. The molecular weight excluding hydrogens is 368 g/mol. The normalized spacial score (nSPS) is 11.0. The van der Waals surface area contributed by atoms with Gasteiger partial charge in [0.2, 0.25) is 0 Å². The number of thiophene rings is 1. The van der Waals surface area contributed by atoms with Crippen LogP contribution in [0.3, 0.4) is 0 Å². The molecule has 0 aliphatic heterocycles. The highest BCUT2D eigenvalue weighted by atomic mass is 32.1. The molecule has 0 saturated heterocycles. The van der Waals surface area contributed by atoms with E-state index in [1.54, 1.807) is 0 Å². The highest BCUT2D eigenvalue weighted by Gasteiger charge is 2.17. The Bertz CT molecular complexity index is 1100. The average molecular weight is 391 g/mol. The molecule has 4 aromatic rings. The zero-order valence-electron chi connectivity index (χ0n) is 16.1. The lowest BCUT2D eigenvalue weighted by Gasteiger charge is -2.22. The van der Waals surface area contributed by atoms with E-state index in [1.807, 2.05) is 74.2 Å². The Morgan fingerprint density at radius 2 is 1.86 bits per heavy atom. The van der Waals surface area contributed by atoms with Gasteiger partial charge in [-0.25, -0.2) is 0 Å². The number of nitrogens with zero attached hydrogens (tertiary/aromatic N) is 3. The molecule has 0 saturated carbocycles. The predicted molar refractivity (Wildman–Crippen MR) is 116 cm³/mol. The van der Waals surface area contributed by atoms with Crippen molar-refractivity contribution >= 4 is 38.8 Å². The molecule has 0 atom stereocenters. The number of hydrogen-bond donors (Lipinski definition) is 1. The zero-order valence-corrected chi connectivity index (χ0v) is 17.0. The number of para-hydroxylation sites is 2. The van der Waals surface area contributed by atoms with Gasteiger partial charge < -0.3 is 10.2 Å². The minimum Gasteiger partial charge on any atom is -0.369 e. The number of hydrogen-bond acceptors (Lipinski definition) is 4. The standard InChI is InChI=1S/C22H22N4OS/c1-15-17-13-20(28-22(17)26(3)24-15)21(27)23-18-11-7-8-12-19(18)25(2)14-16-9-5-4-6-10-16/h4-13H,14H2,1-3H3,(H,23,27). The Morgan fingerprint density at radius 3 is 2.61 bits per heavy atom. The minimum absolute atomic E-state index is 0.0961. The lowest BCUT2D eigenvalue weighted by molar-refractivity contribution is 0.103. The van der Waals surface area contributed by atoms with Crippen LogP contribution in [0.25, 0.3) is 10.2 Å². The Hall–Kier alpha value is -3.12. The number of anilines is 2. The first-order valence-electron chi connectivity index (χ1n) is 9.11. The summed E-state index contributed by atoms with van der Waals surface area (Å²) in [6.07, 6.45) is 0. The molecule has 5 nitrogen and oxygen atoms in total. The van der Waals surface area contributed by atoms with Gasteiger partial charge in [-0.3, -0.25) is 9.48 Å². The number of aromatic nitrogens is 2. The lowest BCUT2D eigenvalue weighted by atomic mass is 10.2. The third-order valence-corrected chi connectivity index (χ3v) is 5.95. The second-order valence-electron chi connectivity index (χ2n) is 6.85. The molecule has 1 N–H and O–H groups in total. The fraction of sp³-hybridized carbons (Fsp3) is 0.182. The van der Waals surface area contributed by atoms with E-state index in [1.165, 1.54) is 16.9 Å². The van der Waals surface area contributed by atoms with Gasteiger partial charge in [0.1, 0.15) is 4.83 Å². The van der Waals surface area contributed by atoms with Crippen LogP contribution in [0, 0.1) is 6.92 Å². The monoisotopic (exact) mass is 390 g/mol. The largest absolute Gasteiger partial charge is 0.369 e. The smallest absolute Gasteiger partial charge is 0.265 e. The van der Waals surface area contributed by atoms with Crippen molar-refractivity contribution in [3.8, 4) is 0 Å². The first-order chi connectivity index (χ1) is 13.5. The Labute approximate surface area is 168 Å². The number of benzene rings is 2.